The fraction of sp³-hybridized carbons (Fsp3) is 0.786. The van der Waals surface area contributed by atoms with E-state index in [-0.39, 0.29) is 11.9 Å². The van der Waals surface area contributed by atoms with Gasteiger partial charge in [0, 0.05) is 40.2 Å². The van der Waals surface area contributed by atoms with Gasteiger partial charge in [-0.3, -0.25) is 9.69 Å². The molecule has 0 saturated carbocycles. The fourth-order valence-electron chi connectivity index (χ4n) is 2.19. The van der Waals surface area contributed by atoms with E-state index in [1.54, 1.807) is 11.8 Å². The summed E-state index contributed by atoms with van der Waals surface area (Å²) in [5.74, 6) is 0.120. The van der Waals surface area contributed by atoms with Gasteiger partial charge in [0.2, 0.25) is 5.91 Å². The topological polar surface area (TPSA) is 32.8 Å². The van der Waals surface area contributed by atoms with Gasteiger partial charge in [0.25, 0.3) is 0 Å². The molecule has 0 saturated heterocycles. The van der Waals surface area contributed by atoms with Crippen molar-refractivity contribution >= 4 is 5.91 Å². The van der Waals surface area contributed by atoms with Crippen LogP contribution >= 0.6 is 0 Å². The monoisotopic (exact) mass is 254 g/mol. The predicted molar refractivity (Wildman–Crippen MR) is 73.5 cm³/mol. The molecule has 0 aromatic carbocycles. The zero-order valence-electron chi connectivity index (χ0n) is 12.1. The highest BCUT2D eigenvalue weighted by Crippen LogP contribution is 2.16. The van der Waals surface area contributed by atoms with Gasteiger partial charge in [-0.1, -0.05) is 6.08 Å². The quantitative estimate of drug-likeness (QED) is 0.532. The van der Waals surface area contributed by atoms with Crippen LogP contribution in [0.25, 0.3) is 0 Å². The molecule has 0 aromatic heterocycles. The molecule has 18 heavy (non-hydrogen) atoms. The molecule has 104 valence electrons. The predicted octanol–water partition coefficient (Wildman–Crippen LogP) is 1.52. The molecule has 4 nitrogen and oxygen atoms in total. The van der Waals surface area contributed by atoms with E-state index in [9.17, 15) is 4.79 Å². The first-order valence-electron chi connectivity index (χ1n) is 6.78. The number of rotatable bonds is 6. The Kier molecular flexibility index (Phi) is 6.36. The Balaban J connectivity index is 2.47. The summed E-state index contributed by atoms with van der Waals surface area (Å²) in [7, 11) is 1.87. The lowest BCUT2D eigenvalue weighted by Gasteiger charge is -2.33. The third-order valence-corrected chi connectivity index (χ3v) is 3.63. The molecule has 1 heterocycles. The Hall–Kier alpha value is -0.870. The first-order chi connectivity index (χ1) is 8.56. The molecule has 0 fully saturated rings. The SMILES string of the molecule is CCOCCN1CCC=C([C@H](C)N(C)C(C)=O)C1. The van der Waals surface area contributed by atoms with Crippen LogP contribution in [0, 0.1) is 0 Å². The third kappa shape index (κ3) is 4.42. The van der Waals surface area contributed by atoms with Gasteiger partial charge in [-0.15, -0.1) is 0 Å². The van der Waals surface area contributed by atoms with Gasteiger partial charge in [0.15, 0.2) is 0 Å². The lowest BCUT2D eigenvalue weighted by Crippen LogP contribution is -2.41. The van der Waals surface area contributed by atoms with Gasteiger partial charge >= 0.3 is 0 Å². The first-order valence-corrected chi connectivity index (χ1v) is 6.78. The molecule has 0 N–H and O–H groups in total. The number of likely N-dealkylation sites (N-methyl/N-ethyl adjacent to an activating group) is 1. The third-order valence-electron chi connectivity index (χ3n) is 3.63. The van der Waals surface area contributed by atoms with Crippen LogP contribution in [0.2, 0.25) is 0 Å². The largest absolute Gasteiger partial charge is 0.380 e. The maximum absolute atomic E-state index is 11.4. The molecule has 0 unspecified atom stereocenters. The van der Waals surface area contributed by atoms with Crippen molar-refractivity contribution in [1.82, 2.24) is 9.80 Å². The van der Waals surface area contributed by atoms with Crippen LogP contribution in [0.1, 0.15) is 27.2 Å². The van der Waals surface area contributed by atoms with Crippen LogP contribution in [0.5, 0.6) is 0 Å². The molecule has 4 heteroatoms. The minimum Gasteiger partial charge on any atom is -0.380 e. The number of carbonyl (C=O) groups excluding carboxylic acids is 1. The second-order valence-corrected chi connectivity index (χ2v) is 4.85. The van der Waals surface area contributed by atoms with E-state index >= 15 is 0 Å². The van der Waals surface area contributed by atoms with E-state index in [0.717, 1.165) is 39.3 Å². The average molecular weight is 254 g/mol. The smallest absolute Gasteiger partial charge is 0.219 e. The van der Waals surface area contributed by atoms with Crippen molar-refractivity contribution in [2.45, 2.75) is 33.2 Å². The second kappa shape index (κ2) is 7.54. The minimum absolute atomic E-state index is 0.120. The van der Waals surface area contributed by atoms with Crippen LogP contribution in [0.15, 0.2) is 11.6 Å². The summed E-state index contributed by atoms with van der Waals surface area (Å²) in [5, 5.41) is 0. The molecular weight excluding hydrogens is 228 g/mol. The summed E-state index contributed by atoms with van der Waals surface area (Å²) in [6.07, 6.45) is 3.35. The molecular formula is C14H26N2O2. The Morgan fingerprint density at radius 3 is 2.94 bits per heavy atom. The van der Waals surface area contributed by atoms with Gasteiger partial charge in [0.05, 0.1) is 12.6 Å². The minimum atomic E-state index is 0.120. The molecule has 1 aliphatic rings. The summed E-state index contributed by atoms with van der Waals surface area (Å²) < 4.78 is 5.39. The second-order valence-electron chi connectivity index (χ2n) is 4.85. The van der Waals surface area contributed by atoms with E-state index in [1.165, 1.54) is 5.57 Å². The number of ether oxygens (including phenoxy) is 1. The molecule has 1 rings (SSSR count). The number of nitrogens with zero attached hydrogens (tertiary/aromatic N) is 2. The van der Waals surface area contributed by atoms with E-state index in [1.807, 2.05) is 14.0 Å². The molecule has 1 atom stereocenters. The van der Waals surface area contributed by atoms with Gasteiger partial charge in [-0.2, -0.15) is 0 Å². The number of carbonyl (C=O) groups is 1. The summed E-state index contributed by atoms with van der Waals surface area (Å²) in [6, 6.07) is 0.192. The normalized spacial score (nSPS) is 18.3. The average Bonchev–Trinajstić information content (AvgIpc) is 2.37. The van der Waals surface area contributed by atoms with Crippen LogP contribution in [0.3, 0.4) is 0 Å². The molecule has 0 radical (unpaired) electrons. The van der Waals surface area contributed by atoms with Crippen LogP contribution in [-0.2, 0) is 9.53 Å². The lowest BCUT2D eigenvalue weighted by molar-refractivity contribution is -0.128. The van der Waals surface area contributed by atoms with Crippen molar-refractivity contribution < 1.29 is 9.53 Å². The Morgan fingerprint density at radius 1 is 1.61 bits per heavy atom. The molecule has 0 aromatic rings. The van der Waals surface area contributed by atoms with E-state index in [0.29, 0.717) is 0 Å². The summed E-state index contributed by atoms with van der Waals surface area (Å²) in [5.41, 5.74) is 1.34. The van der Waals surface area contributed by atoms with Crippen LogP contribution < -0.4 is 0 Å². The van der Waals surface area contributed by atoms with E-state index in [4.69, 9.17) is 4.74 Å². The molecule has 0 spiro atoms. The van der Waals surface area contributed by atoms with Crippen molar-refractivity contribution in [3.8, 4) is 0 Å². The van der Waals surface area contributed by atoms with E-state index in [2.05, 4.69) is 17.9 Å². The van der Waals surface area contributed by atoms with Crippen LogP contribution in [0.4, 0.5) is 0 Å². The van der Waals surface area contributed by atoms with Gasteiger partial charge in [-0.05, 0) is 25.8 Å². The van der Waals surface area contributed by atoms with Gasteiger partial charge < -0.3 is 9.64 Å². The highest BCUT2D eigenvalue weighted by Gasteiger charge is 2.21. The molecule has 1 aliphatic heterocycles. The maximum atomic E-state index is 11.4. The Bertz CT molecular complexity index is 302. The van der Waals surface area contributed by atoms with Gasteiger partial charge in [-0.25, -0.2) is 0 Å². The maximum Gasteiger partial charge on any atom is 0.219 e. The Labute approximate surface area is 111 Å². The Morgan fingerprint density at radius 2 is 2.33 bits per heavy atom. The fourth-order valence-corrected chi connectivity index (χ4v) is 2.19. The summed E-state index contributed by atoms with van der Waals surface area (Å²) in [4.78, 5) is 15.6. The van der Waals surface area contributed by atoms with Crippen molar-refractivity contribution in [1.29, 1.82) is 0 Å². The summed E-state index contributed by atoms with van der Waals surface area (Å²) in [6.45, 7) is 10.3. The highest BCUT2D eigenvalue weighted by molar-refractivity contribution is 5.73. The first kappa shape index (κ1) is 15.2. The number of hydrogen-bond donors (Lipinski definition) is 0. The molecule has 0 bridgehead atoms. The van der Waals surface area contributed by atoms with Crippen molar-refractivity contribution in [3.63, 3.8) is 0 Å². The summed E-state index contributed by atoms with van der Waals surface area (Å²) >= 11 is 0. The zero-order chi connectivity index (χ0) is 13.5. The van der Waals surface area contributed by atoms with E-state index < -0.39 is 0 Å². The van der Waals surface area contributed by atoms with Crippen molar-refractivity contribution in [3.05, 3.63) is 11.6 Å². The molecule has 1 amide bonds. The highest BCUT2D eigenvalue weighted by atomic mass is 16.5. The zero-order valence-corrected chi connectivity index (χ0v) is 12.1. The van der Waals surface area contributed by atoms with Gasteiger partial charge in [0.1, 0.15) is 0 Å². The van der Waals surface area contributed by atoms with Crippen molar-refractivity contribution in [2.24, 2.45) is 0 Å². The standard InChI is InChI=1S/C14H26N2O2/c1-5-18-10-9-16-8-6-7-14(11-16)12(2)15(4)13(3)17/h7,12H,5-6,8-11H2,1-4H3/t12-/m0/s1. The van der Waals surface area contributed by atoms with Crippen LogP contribution in [-0.4, -0.2) is 61.6 Å². The molecule has 0 aliphatic carbocycles. The van der Waals surface area contributed by atoms with Crippen molar-refractivity contribution in [2.75, 3.05) is 39.9 Å². The lowest BCUT2D eigenvalue weighted by atomic mass is 10.0. The number of amides is 1. The number of hydrogen-bond acceptors (Lipinski definition) is 3.